The summed E-state index contributed by atoms with van der Waals surface area (Å²) in [5, 5.41) is 0.746. The van der Waals surface area contributed by atoms with Gasteiger partial charge in [0.05, 0.1) is 12.6 Å². The molecule has 0 saturated carbocycles. The maximum Gasteiger partial charge on any atom is 0.123 e. The quantitative estimate of drug-likeness (QED) is 0.825. The topological polar surface area (TPSA) is 38.5 Å². The third kappa shape index (κ3) is 3.82. The smallest absolute Gasteiger partial charge is 0.123 e. The molecule has 2 N–H and O–H groups in total. The third-order valence-electron chi connectivity index (χ3n) is 3.54. The van der Waals surface area contributed by atoms with Crippen LogP contribution in [0.15, 0.2) is 42.5 Å². The molecular weight excluding hydrogens is 284 g/mol. The second kappa shape index (κ2) is 6.72. The largest absolute Gasteiger partial charge is 0.494 e. The van der Waals surface area contributed by atoms with E-state index in [1.165, 1.54) is 0 Å². The predicted octanol–water partition coefficient (Wildman–Crippen LogP) is 4.52. The zero-order chi connectivity index (χ0) is 15.4. The Morgan fingerprint density at radius 1 is 1.24 bits per heavy atom. The molecule has 0 aliphatic carbocycles. The molecule has 0 aliphatic rings. The average molecular weight is 305 g/mol. The van der Waals surface area contributed by atoms with E-state index in [9.17, 15) is 0 Å². The molecular formula is C17H21ClN2O. The van der Waals surface area contributed by atoms with E-state index in [1.54, 1.807) is 0 Å². The minimum absolute atomic E-state index is 0.181. The summed E-state index contributed by atoms with van der Waals surface area (Å²) in [5.74, 6) is 0.789. The summed E-state index contributed by atoms with van der Waals surface area (Å²) in [4.78, 5) is 2.16. The second-order valence-electron chi connectivity index (χ2n) is 5.04. The fraction of sp³-hybridized carbons (Fsp3) is 0.294. The number of nitrogens with two attached hydrogens (primary N) is 1. The maximum absolute atomic E-state index is 6.07. The van der Waals surface area contributed by atoms with Crippen LogP contribution in [0.2, 0.25) is 5.02 Å². The van der Waals surface area contributed by atoms with E-state index in [1.807, 2.05) is 50.4 Å². The lowest BCUT2D eigenvalue weighted by molar-refractivity contribution is 0.340. The van der Waals surface area contributed by atoms with Gasteiger partial charge in [-0.15, -0.1) is 0 Å². The van der Waals surface area contributed by atoms with Gasteiger partial charge >= 0.3 is 0 Å². The second-order valence-corrected chi connectivity index (χ2v) is 5.47. The highest BCUT2D eigenvalue weighted by molar-refractivity contribution is 6.30. The van der Waals surface area contributed by atoms with E-state index < -0.39 is 0 Å². The van der Waals surface area contributed by atoms with E-state index in [4.69, 9.17) is 22.1 Å². The van der Waals surface area contributed by atoms with Crippen LogP contribution >= 0.6 is 11.6 Å². The molecule has 0 amide bonds. The number of nitrogen functional groups attached to an aromatic ring is 1. The minimum Gasteiger partial charge on any atom is -0.494 e. The van der Waals surface area contributed by atoms with Crippen LogP contribution in [0.5, 0.6) is 5.75 Å². The van der Waals surface area contributed by atoms with Crippen molar-refractivity contribution in [3.8, 4) is 5.75 Å². The Bertz CT molecular complexity index is 615. The first kappa shape index (κ1) is 15.5. The lowest BCUT2D eigenvalue weighted by Gasteiger charge is -2.28. The summed E-state index contributed by atoms with van der Waals surface area (Å²) >= 11 is 6.07. The lowest BCUT2D eigenvalue weighted by atomic mass is 10.1. The Hall–Kier alpha value is -1.87. The number of hydrogen-bond acceptors (Lipinski definition) is 3. The van der Waals surface area contributed by atoms with Gasteiger partial charge in [0.15, 0.2) is 0 Å². The first-order valence-electron chi connectivity index (χ1n) is 7.03. The van der Waals surface area contributed by atoms with Gasteiger partial charge in [0.25, 0.3) is 0 Å². The van der Waals surface area contributed by atoms with Crippen molar-refractivity contribution in [3.63, 3.8) is 0 Å². The van der Waals surface area contributed by atoms with Gasteiger partial charge < -0.3 is 15.4 Å². The molecule has 0 bridgehead atoms. The normalized spacial score (nSPS) is 12.0. The number of ether oxygens (including phenoxy) is 1. The van der Waals surface area contributed by atoms with Crippen molar-refractivity contribution in [1.82, 2.24) is 0 Å². The van der Waals surface area contributed by atoms with Crippen LogP contribution in [-0.4, -0.2) is 13.7 Å². The molecule has 2 aromatic rings. The molecule has 0 saturated heterocycles. The van der Waals surface area contributed by atoms with E-state index in [2.05, 4.69) is 17.9 Å². The molecule has 2 aromatic carbocycles. The zero-order valence-electron chi connectivity index (χ0n) is 12.6. The van der Waals surface area contributed by atoms with Gasteiger partial charge in [0.2, 0.25) is 0 Å². The molecule has 0 aliphatic heterocycles. The highest BCUT2D eigenvalue weighted by Gasteiger charge is 2.14. The van der Waals surface area contributed by atoms with Crippen LogP contribution in [0.3, 0.4) is 0 Å². The molecule has 0 spiro atoms. The highest BCUT2D eigenvalue weighted by Crippen LogP contribution is 2.31. The Labute approximate surface area is 131 Å². The van der Waals surface area contributed by atoms with Crippen LogP contribution in [0.1, 0.15) is 25.5 Å². The SMILES string of the molecule is CCOc1cc(N)cc(N(C)C(C)c2cccc(Cl)c2)c1. The standard InChI is InChI=1S/C17H21ClN2O/c1-4-21-17-10-15(19)9-16(11-17)20(3)12(2)13-6-5-7-14(18)8-13/h5-12H,4,19H2,1-3H3. The van der Waals surface area contributed by atoms with Crippen molar-refractivity contribution in [2.75, 3.05) is 24.3 Å². The van der Waals surface area contributed by atoms with Gasteiger partial charge in [-0.1, -0.05) is 23.7 Å². The van der Waals surface area contributed by atoms with Gasteiger partial charge in [0, 0.05) is 35.6 Å². The first-order chi connectivity index (χ1) is 10.0. The van der Waals surface area contributed by atoms with Crippen molar-refractivity contribution >= 4 is 23.0 Å². The number of benzene rings is 2. The minimum atomic E-state index is 0.181. The van der Waals surface area contributed by atoms with Crippen LogP contribution in [0.25, 0.3) is 0 Å². The summed E-state index contributed by atoms with van der Waals surface area (Å²) in [7, 11) is 2.04. The first-order valence-corrected chi connectivity index (χ1v) is 7.40. The van der Waals surface area contributed by atoms with Gasteiger partial charge in [-0.2, -0.15) is 0 Å². The molecule has 0 fully saturated rings. The van der Waals surface area contributed by atoms with Crippen molar-refractivity contribution < 1.29 is 4.74 Å². The van der Waals surface area contributed by atoms with Crippen LogP contribution in [-0.2, 0) is 0 Å². The fourth-order valence-corrected chi connectivity index (χ4v) is 2.47. The summed E-state index contributed by atoms with van der Waals surface area (Å²) in [5.41, 5.74) is 8.84. The van der Waals surface area contributed by atoms with E-state index in [0.717, 1.165) is 22.0 Å². The molecule has 2 rings (SSSR count). The van der Waals surface area contributed by atoms with Crippen molar-refractivity contribution in [2.24, 2.45) is 0 Å². The zero-order valence-corrected chi connectivity index (χ0v) is 13.4. The molecule has 112 valence electrons. The van der Waals surface area contributed by atoms with E-state index >= 15 is 0 Å². The molecule has 0 heterocycles. The number of halogens is 1. The van der Waals surface area contributed by atoms with E-state index in [0.29, 0.717) is 12.3 Å². The number of rotatable bonds is 5. The summed E-state index contributed by atoms with van der Waals surface area (Å²) in [6, 6.07) is 13.9. The molecule has 3 nitrogen and oxygen atoms in total. The van der Waals surface area contributed by atoms with Crippen LogP contribution in [0, 0.1) is 0 Å². The molecule has 0 aromatic heterocycles. The molecule has 1 unspecified atom stereocenters. The van der Waals surface area contributed by atoms with Gasteiger partial charge in [-0.25, -0.2) is 0 Å². The highest BCUT2D eigenvalue weighted by atomic mass is 35.5. The molecule has 4 heteroatoms. The number of anilines is 2. The average Bonchev–Trinajstić information content (AvgIpc) is 2.45. The van der Waals surface area contributed by atoms with E-state index in [-0.39, 0.29) is 6.04 Å². The van der Waals surface area contributed by atoms with Crippen molar-refractivity contribution in [2.45, 2.75) is 19.9 Å². The van der Waals surface area contributed by atoms with Crippen molar-refractivity contribution in [3.05, 3.63) is 53.1 Å². The Balaban J connectivity index is 2.28. The number of hydrogen-bond donors (Lipinski definition) is 1. The van der Waals surface area contributed by atoms with Gasteiger partial charge in [-0.05, 0) is 37.6 Å². The summed E-state index contributed by atoms with van der Waals surface area (Å²) in [6.07, 6.45) is 0. The maximum atomic E-state index is 6.07. The third-order valence-corrected chi connectivity index (χ3v) is 3.78. The van der Waals surface area contributed by atoms with Crippen LogP contribution in [0.4, 0.5) is 11.4 Å². The molecule has 1 atom stereocenters. The monoisotopic (exact) mass is 304 g/mol. The number of nitrogens with zero attached hydrogens (tertiary/aromatic N) is 1. The summed E-state index contributed by atoms with van der Waals surface area (Å²) in [6.45, 7) is 4.72. The molecule has 0 radical (unpaired) electrons. The Morgan fingerprint density at radius 2 is 2.00 bits per heavy atom. The van der Waals surface area contributed by atoms with Crippen molar-refractivity contribution in [1.29, 1.82) is 0 Å². The predicted molar refractivity (Wildman–Crippen MR) is 90.3 cm³/mol. The van der Waals surface area contributed by atoms with Gasteiger partial charge in [0.1, 0.15) is 5.75 Å². The lowest BCUT2D eigenvalue weighted by Crippen LogP contribution is -2.21. The summed E-state index contributed by atoms with van der Waals surface area (Å²) < 4.78 is 5.55. The molecule has 21 heavy (non-hydrogen) atoms. The van der Waals surface area contributed by atoms with Crippen LogP contribution < -0.4 is 15.4 Å². The Morgan fingerprint density at radius 3 is 2.67 bits per heavy atom. The Kier molecular flexibility index (Phi) is 4.97. The fourth-order valence-electron chi connectivity index (χ4n) is 2.27. The van der Waals surface area contributed by atoms with Gasteiger partial charge in [-0.3, -0.25) is 0 Å².